The van der Waals surface area contributed by atoms with E-state index in [0.29, 0.717) is 17.2 Å². The smallest absolute Gasteiger partial charge is 0.244 e. The van der Waals surface area contributed by atoms with E-state index in [1.54, 1.807) is 42.5 Å². The Morgan fingerprint density at radius 3 is 2.33 bits per heavy atom. The minimum atomic E-state index is -3.92. The third-order valence-corrected chi connectivity index (χ3v) is 7.67. The molecule has 3 aromatic carbocycles. The fraction of sp³-hybridized carbons (Fsp3) is 0.240. The first kappa shape index (κ1) is 22.8. The third-order valence-electron chi connectivity index (χ3n) is 5.80. The van der Waals surface area contributed by atoms with Crippen molar-refractivity contribution < 1.29 is 22.7 Å². The van der Waals surface area contributed by atoms with E-state index >= 15 is 0 Å². The second kappa shape index (κ2) is 9.25. The number of methoxy groups -OCH3 is 2. The number of fused-ring (bicyclic) bond motifs is 1. The lowest BCUT2D eigenvalue weighted by Crippen LogP contribution is -2.50. The van der Waals surface area contributed by atoms with E-state index < -0.39 is 22.0 Å². The predicted octanol–water partition coefficient (Wildman–Crippen LogP) is 3.77. The highest BCUT2D eigenvalue weighted by molar-refractivity contribution is 7.89. The van der Waals surface area contributed by atoms with Gasteiger partial charge in [-0.05, 0) is 48.7 Å². The topological polar surface area (TPSA) is 84.9 Å². The fourth-order valence-electron chi connectivity index (χ4n) is 3.95. The summed E-state index contributed by atoms with van der Waals surface area (Å²) in [6.07, 6.45) is 0.263. The predicted molar refractivity (Wildman–Crippen MR) is 126 cm³/mol. The van der Waals surface area contributed by atoms with E-state index in [1.807, 2.05) is 31.2 Å². The van der Waals surface area contributed by atoms with E-state index in [-0.39, 0.29) is 17.9 Å². The highest BCUT2D eigenvalue weighted by Gasteiger charge is 2.39. The van der Waals surface area contributed by atoms with Crippen LogP contribution in [-0.4, -0.2) is 38.9 Å². The lowest BCUT2D eigenvalue weighted by molar-refractivity contribution is -0.120. The molecule has 1 unspecified atom stereocenters. The van der Waals surface area contributed by atoms with Crippen LogP contribution >= 0.6 is 0 Å². The van der Waals surface area contributed by atoms with Crippen molar-refractivity contribution in [3.05, 3.63) is 83.4 Å². The van der Waals surface area contributed by atoms with Crippen LogP contribution in [0.2, 0.25) is 0 Å². The lowest BCUT2D eigenvalue weighted by atomic mass is 9.95. The Morgan fingerprint density at radius 2 is 1.67 bits per heavy atom. The molecule has 1 atom stereocenters. The molecular formula is C25H26N2O5S. The molecule has 33 heavy (non-hydrogen) atoms. The van der Waals surface area contributed by atoms with Crippen molar-refractivity contribution in [1.29, 1.82) is 0 Å². The van der Waals surface area contributed by atoms with Gasteiger partial charge in [0.25, 0.3) is 0 Å². The van der Waals surface area contributed by atoms with Crippen LogP contribution in [0.4, 0.5) is 5.69 Å². The van der Waals surface area contributed by atoms with Crippen LogP contribution in [0.25, 0.3) is 0 Å². The summed E-state index contributed by atoms with van der Waals surface area (Å²) in [5, 5.41) is 2.85. The molecule has 1 amide bonds. The van der Waals surface area contributed by atoms with Gasteiger partial charge >= 0.3 is 0 Å². The number of sulfonamides is 1. The molecule has 1 heterocycles. The van der Waals surface area contributed by atoms with Gasteiger partial charge in [0, 0.05) is 12.6 Å². The van der Waals surface area contributed by atoms with E-state index in [4.69, 9.17) is 9.47 Å². The van der Waals surface area contributed by atoms with Gasteiger partial charge in [0.05, 0.1) is 24.8 Å². The van der Waals surface area contributed by atoms with E-state index in [1.165, 1.54) is 18.5 Å². The van der Waals surface area contributed by atoms with Crippen molar-refractivity contribution >= 4 is 21.6 Å². The number of carbonyl (C=O) groups is 1. The molecule has 7 nitrogen and oxygen atoms in total. The molecule has 1 aliphatic rings. The van der Waals surface area contributed by atoms with E-state index in [9.17, 15) is 13.2 Å². The molecule has 4 rings (SSSR count). The second-order valence-corrected chi connectivity index (χ2v) is 9.80. The monoisotopic (exact) mass is 466 g/mol. The average Bonchev–Trinajstić information content (AvgIpc) is 2.83. The van der Waals surface area contributed by atoms with Gasteiger partial charge in [-0.1, -0.05) is 42.0 Å². The summed E-state index contributed by atoms with van der Waals surface area (Å²) >= 11 is 0. The molecule has 0 saturated carbocycles. The van der Waals surface area contributed by atoms with Gasteiger partial charge in [-0.2, -0.15) is 4.31 Å². The molecule has 0 saturated heterocycles. The summed E-state index contributed by atoms with van der Waals surface area (Å²) in [4.78, 5) is 13.6. The van der Waals surface area contributed by atoms with Crippen LogP contribution < -0.4 is 14.8 Å². The summed E-state index contributed by atoms with van der Waals surface area (Å²) < 4.78 is 39.1. The number of hydrogen-bond donors (Lipinski definition) is 1. The Labute approximate surface area is 194 Å². The van der Waals surface area contributed by atoms with Crippen LogP contribution in [0.1, 0.15) is 16.7 Å². The van der Waals surface area contributed by atoms with Crippen molar-refractivity contribution in [2.24, 2.45) is 0 Å². The number of carbonyl (C=O) groups excluding carboxylic acids is 1. The largest absolute Gasteiger partial charge is 0.497 e. The Balaban J connectivity index is 1.72. The molecule has 0 radical (unpaired) electrons. The maximum atomic E-state index is 13.6. The Morgan fingerprint density at radius 1 is 0.970 bits per heavy atom. The van der Waals surface area contributed by atoms with Gasteiger partial charge in [0.1, 0.15) is 17.5 Å². The van der Waals surface area contributed by atoms with Gasteiger partial charge in [-0.3, -0.25) is 4.79 Å². The second-order valence-electron chi connectivity index (χ2n) is 7.91. The van der Waals surface area contributed by atoms with Crippen molar-refractivity contribution in [2.45, 2.75) is 30.8 Å². The first-order chi connectivity index (χ1) is 15.8. The van der Waals surface area contributed by atoms with Gasteiger partial charge in [0.2, 0.25) is 15.9 Å². The molecule has 0 aliphatic carbocycles. The van der Waals surface area contributed by atoms with Gasteiger partial charge in [-0.15, -0.1) is 0 Å². The van der Waals surface area contributed by atoms with Crippen molar-refractivity contribution in [2.75, 3.05) is 19.5 Å². The highest BCUT2D eigenvalue weighted by atomic mass is 32.2. The Kier molecular flexibility index (Phi) is 6.40. The van der Waals surface area contributed by atoms with Crippen molar-refractivity contribution in [1.82, 2.24) is 4.31 Å². The average molecular weight is 467 g/mol. The summed E-state index contributed by atoms with van der Waals surface area (Å²) in [5.74, 6) is 0.560. The number of anilines is 1. The number of hydrogen-bond acceptors (Lipinski definition) is 5. The molecule has 1 N–H and O–H groups in total. The molecule has 0 aromatic heterocycles. The standard InChI is InChI=1S/C25H26N2O5S/c1-17-8-11-21(12-9-17)33(29,30)27-16-19-7-5-4-6-18(19)14-23(27)25(28)26-22-15-20(31-2)10-13-24(22)32-3/h4-13,15,23H,14,16H2,1-3H3,(H,26,28). The SMILES string of the molecule is COc1ccc(OC)c(NC(=O)C2Cc3ccccc3CN2S(=O)(=O)c2ccc(C)cc2)c1. The molecule has 0 spiro atoms. The summed E-state index contributed by atoms with van der Waals surface area (Å²) in [5.41, 5.74) is 3.20. The zero-order valence-corrected chi connectivity index (χ0v) is 19.6. The number of amides is 1. The molecule has 172 valence electrons. The number of ether oxygens (including phenoxy) is 2. The molecule has 0 bridgehead atoms. The van der Waals surface area contributed by atoms with Gasteiger partial charge < -0.3 is 14.8 Å². The molecule has 1 aliphatic heterocycles. The zero-order valence-electron chi connectivity index (χ0n) is 18.7. The zero-order chi connectivity index (χ0) is 23.6. The molecule has 0 fully saturated rings. The third kappa shape index (κ3) is 4.58. The minimum absolute atomic E-state index is 0.111. The lowest BCUT2D eigenvalue weighted by Gasteiger charge is -2.35. The van der Waals surface area contributed by atoms with Crippen LogP contribution in [0, 0.1) is 6.92 Å². The summed E-state index contributed by atoms with van der Waals surface area (Å²) in [7, 11) is -0.888. The van der Waals surface area contributed by atoms with Gasteiger partial charge in [-0.25, -0.2) is 8.42 Å². The Hall–Kier alpha value is -3.36. The quantitative estimate of drug-likeness (QED) is 0.598. The number of aryl methyl sites for hydroxylation is 1. The highest BCUT2D eigenvalue weighted by Crippen LogP contribution is 2.32. The normalized spacial score (nSPS) is 16.0. The van der Waals surface area contributed by atoms with Crippen LogP contribution in [-0.2, 0) is 27.8 Å². The fourth-order valence-corrected chi connectivity index (χ4v) is 5.51. The Bertz CT molecular complexity index is 1270. The first-order valence-corrected chi connectivity index (χ1v) is 12.0. The first-order valence-electron chi connectivity index (χ1n) is 10.5. The number of nitrogens with zero attached hydrogens (tertiary/aromatic N) is 1. The van der Waals surface area contributed by atoms with Crippen molar-refractivity contribution in [3.8, 4) is 11.5 Å². The van der Waals surface area contributed by atoms with Gasteiger partial charge in [0.15, 0.2) is 0 Å². The molecule has 8 heteroatoms. The van der Waals surface area contributed by atoms with Crippen LogP contribution in [0.5, 0.6) is 11.5 Å². The van der Waals surface area contributed by atoms with Crippen LogP contribution in [0.3, 0.4) is 0 Å². The summed E-state index contributed by atoms with van der Waals surface area (Å²) in [6.45, 7) is 2.00. The molecular weight excluding hydrogens is 440 g/mol. The molecule has 3 aromatic rings. The summed E-state index contributed by atoms with van der Waals surface area (Å²) in [6, 6.07) is 18.4. The van der Waals surface area contributed by atoms with E-state index in [0.717, 1.165) is 16.7 Å². The number of nitrogens with one attached hydrogen (secondary N) is 1. The van der Waals surface area contributed by atoms with Crippen LogP contribution in [0.15, 0.2) is 71.6 Å². The van der Waals surface area contributed by atoms with E-state index in [2.05, 4.69) is 5.32 Å². The minimum Gasteiger partial charge on any atom is -0.497 e. The number of rotatable bonds is 6. The van der Waals surface area contributed by atoms with Crippen molar-refractivity contribution in [3.63, 3.8) is 0 Å². The maximum Gasteiger partial charge on any atom is 0.244 e. The maximum absolute atomic E-state index is 13.6. The number of benzene rings is 3.